The molecule has 3 N–H and O–H groups in total. The number of carbonyl (C=O) groups excluding carboxylic acids is 1. The van der Waals surface area contributed by atoms with Crippen LogP contribution in [0, 0.1) is 5.82 Å². The number of nitrogen functional groups attached to an aromatic ring is 1. The van der Waals surface area contributed by atoms with Crippen molar-refractivity contribution in [3.63, 3.8) is 0 Å². The summed E-state index contributed by atoms with van der Waals surface area (Å²) in [4.78, 5) is 13.1. The van der Waals surface area contributed by atoms with E-state index < -0.39 is 0 Å². The van der Waals surface area contributed by atoms with Crippen LogP contribution in [-0.2, 0) is 11.3 Å². The Bertz CT molecular complexity index is 395. The van der Waals surface area contributed by atoms with Crippen molar-refractivity contribution in [1.29, 1.82) is 0 Å². The fourth-order valence-corrected chi connectivity index (χ4v) is 1.54. The number of halogens is 1. The maximum absolute atomic E-state index is 13.5. The van der Waals surface area contributed by atoms with E-state index in [1.165, 1.54) is 6.07 Å². The quantitative estimate of drug-likeness (QED) is 0.753. The van der Waals surface area contributed by atoms with E-state index in [0.717, 1.165) is 0 Å². The van der Waals surface area contributed by atoms with Crippen LogP contribution in [0.4, 0.5) is 10.1 Å². The summed E-state index contributed by atoms with van der Waals surface area (Å²) in [6, 6.07) is 4.58. The first kappa shape index (κ1) is 13.4. The van der Waals surface area contributed by atoms with Gasteiger partial charge in [0.05, 0.1) is 6.54 Å². The van der Waals surface area contributed by atoms with Crippen LogP contribution in [0.3, 0.4) is 0 Å². The molecule has 0 saturated carbocycles. The van der Waals surface area contributed by atoms with Crippen LogP contribution >= 0.6 is 0 Å². The van der Waals surface area contributed by atoms with Gasteiger partial charge in [0.15, 0.2) is 0 Å². The Morgan fingerprint density at radius 1 is 1.53 bits per heavy atom. The van der Waals surface area contributed by atoms with Gasteiger partial charge in [0, 0.05) is 24.3 Å². The first-order valence-electron chi connectivity index (χ1n) is 5.52. The summed E-state index contributed by atoms with van der Waals surface area (Å²) in [7, 11) is 1.77. The Hall–Kier alpha value is -1.62. The standard InChI is InChI=1S/C12H18FN3O/c1-3-15-12(17)8-16(2)7-9-4-5-10(14)6-11(9)13/h4-6H,3,7-8,14H2,1-2H3,(H,15,17). The van der Waals surface area contributed by atoms with E-state index in [0.29, 0.717) is 24.3 Å². The zero-order chi connectivity index (χ0) is 12.8. The SMILES string of the molecule is CCNC(=O)CN(C)Cc1ccc(N)cc1F. The van der Waals surface area contributed by atoms with Gasteiger partial charge in [-0.15, -0.1) is 0 Å². The molecule has 1 rings (SSSR count). The molecule has 0 atom stereocenters. The van der Waals surface area contributed by atoms with Crippen molar-refractivity contribution < 1.29 is 9.18 Å². The lowest BCUT2D eigenvalue weighted by Crippen LogP contribution is -2.34. The predicted octanol–water partition coefficient (Wildman–Crippen LogP) is 0.976. The van der Waals surface area contributed by atoms with Crippen molar-refractivity contribution in [3.8, 4) is 0 Å². The van der Waals surface area contributed by atoms with Crippen molar-refractivity contribution in [1.82, 2.24) is 10.2 Å². The Labute approximate surface area is 101 Å². The van der Waals surface area contributed by atoms with Crippen LogP contribution in [0.5, 0.6) is 0 Å². The molecule has 94 valence electrons. The van der Waals surface area contributed by atoms with Gasteiger partial charge >= 0.3 is 0 Å². The van der Waals surface area contributed by atoms with Gasteiger partial charge in [-0.05, 0) is 26.1 Å². The molecule has 0 bridgehead atoms. The van der Waals surface area contributed by atoms with Crippen LogP contribution in [-0.4, -0.2) is 30.9 Å². The Balaban J connectivity index is 2.55. The molecular formula is C12H18FN3O. The predicted molar refractivity (Wildman–Crippen MR) is 65.8 cm³/mol. The van der Waals surface area contributed by atoms with Crippen LogP contribution < -0.4 is 11.1 Å². The molecule has 5 heteroatoms. The molecule has 17 heavy (non-hydrogen) atoms. The molecular weight excluding hydrogens is 221 g/mol. The maximum atomic E-state index is 13.5. The second kappa shape index (κ2) is 6.20. The first-order chi connectivity index (χ1) is 8.02. The summed E-state index contributed by atoms with van der Waals surface area (Å²) in [5, 5.41) is 2.69. The minimum atomic E-state index is -0.340. The Morgan fingerprint density at radius 3 is 2.82 bits per heavy atom. The second-order valence-electron chi connectivity index (χ2n) is 3.98. The molecule has 0 aromatic heterocycles. The van der Waals surface area contributed by atoms with E-state index in [1.54, 1.807) is 24.1 Å². The summed E-state index contributed by atoms with van der Waals surface area (Å²) in [5.41, 5.74) is 6.39. The third-order valence-corrected chi connectivity index (χ3v) is 2.30. The number of amides is 1. The van der Waals surface area contributed by atoms with Crippen LogP contribution in [0.2, 0.25) is 0 Å². The molecule has 0 saturated heterocycles. The van der Waals surface area contributed by atoms with E-state index in [2.05, 4.69) is 5.32 Å². The summed E-state index contributed by atoms with van der Waals surface area (Å²) in [6.45, 7) is 3.08. The molecule has 4 nitrogen and oxygen atoms in total. The number of nitrogens with zero attached hydrogens (tertiary/aromatic N) is 1. The third kappa shape index (κ3) is 4.40. The fourth-order valence-electron chi connectivity index (χ4n) is 1.54. The van der Waals surface area contributed by atoms with Crippen molar-refractivity contribution >= 4 is 11.6 Å². The molecule has 1 aromatic rings. The number of carbonyl (C=O) groups is 1. The Kier molecular flexibility index (Phi) is 4.90. The maximum Gasteiger partial charge on any atom is 0.234 e. The zero-order valence-corrected chi connectivity index (χ0v) is 10.2. The third-order valence-electron chi connectivity index (χ3n) is 2.30. The summed E-state index contributed by atoms with van der Waals surface area (Å²) < 4.78 is 13.5. The highest BCUT2D eigenvalue weighted by atomic mass is 19.1. The highest BCUT2D eigenvalue weighted by Crippen LogP contribution is 2.13. The van der Waals surface area contributed by atoms with Crippen LogP contribution in [0.15, 0.2) is 18.2 Å². The van der Waals surface area contributed by atoms with Crippen molar-refractivity contribution in [2.45, 2.75) is 13.5 Å². The van der Waals surface area contributed by atoms with Gasteiger partial charge in [0.1, 0.15) is 5.82 Å². The van der Waals surface area contributed by atoms with Gasteiger partial charge in [-0.3, -0.25) is 9.69 Å². The summed E-state index contributed by atoms with van der Waals surface area (Å²) in [6.07, 6.45) is 0. The zero-order valence-electron chi connectivity index (χ0n) is 10.2. The average Bonchev–Trinajstić information content (AvgIpc) is 2.22. The van der Waals surface area contributed by atoms with Crippen LogP contribution in [0.1, 0.15) is 12.5 Å². The minimum absolute atomic E-state index is 0.0640. The monoisotopic (exact) mass is 239 g/mol. The molecule has 0 aliphatic carbocycles. The van der Waals surface area contributed by atoms with Gasteiger partial charge < -0.3 is 11.1 Å². The topological polar surface area (TPSA) is 58.4 Å². The van der Waals surface area contributed by atoms with E-state index in [4.69, 9.17) is 5.73 Å². The number of nitrogens with two attached hydrogens (primary N) is 1. The van der Waals surface area contributed by atoms with E-state index >= 15 is 0 Å². The average molecular weight is 239 g/mol. The van der Waals surface area contributed by atoms with E-state index in [9.17, 15) is 9.18 Å². The number of nitrogens with one attached hydrogen (secondary N) is 1. The minimum Gasteiger partial charge on any atom is -0.399 e. The van der Waals surface area contributed by atoms with Crippen molar-refractivity contribution in [2.24, 2.45) is 0 Å². The molecule has 1 amide bonds. The van der Waals surface area contributed by atoms with E-state index in [1.807, 2.05) is 6.92 Å². The van der Waals surface area contributed by atoms with E-state index in [-0.39, 0.29) is 18.3 Å². The van der Waals surface area contributed by atoms with Gasteiger partial charge in [-0.25, -0.2) is 4.39 Å². The largest absolute Gasteiger partial charge is 0.399 e. The number of hydrogen-bond donors (Lipinski definition) is 2. The summed E-state index contributed by atoms with van der Waals surface area (Å²) in [5.74, 6) is -0.404. The van der Waals surface area contributed by atoms with Gasteiger partial charge in [-0.2, -0.15) is 0 Å². The lowest BCUT2D eigenvalue weighted by Gasteiger charge is -2.16. The molecule has 0 aliphatic heterocycles. The lowest BCUT2D eigenvalue weighted by molar-refractivity contribution is -0.121. The van der Waals surface area contributed by atoms with Gasteiger partial charge in [-0.1, -0.05) is 6.07 Å². The summed E-state index contributed by atoms with van der Waals surface area (Å²) >= 11 is 0. The molecule has 0 radical (unpaired) electrons. The fraction of sp³-hybridized carbons (Fsp3) is 0.417. The number of rotatable bonds is 5. The van der Waals surface area contributed by atoms with Crippen molar-refractivity contribution in [2.75, 3.05) is 25.9 Å². The highest BCUT2D eigenvalue weighted by Gasteiger charge is 2.09. The van der Waals surface area contributed by atoms with Crippen molar-refractivity contribution in [3.05, 3.63) is 29.6 Å². The molecule has 0 fully saturated rings. The molecule has 0 unspecified atom stereocenters. The number of likely N-dealkylation sites (N-methyl/N-ethyl adjacent to an activating group) is 2. The first-order valence-corrected chi connectivity index (χ1v) is 5.52. The van der Waals surface area contributed by atoms with Gasteiger partial charge in [0.2, 0.25) is 5.91 Å². The Morgan fingerprint density at radius 2 is 2.24 bits per heavy atom. The molecule has 0 heterocycles. The normalized spacial score (nSPS) is 10.6. The number of anilines is 1. The van der Waals surface area contributed by atoms with Gasteiger partial charge in [0.25, 0.3) is 0 Å². The number of benzene rings is 1. The molecule has 0 aliphatic rings. The van der Waals surface area contributed by atoms with Crippen LogP contribution in [0.25, 0.3) is 0 Å². The highest BCUT2D eigenvalue weighted by molar-refractivity contribution is 5.77. The second-order valence-corrected chi connectivity index (χ2v) is 3.98. The lowest BCUT2D eigenvalue weighted by atomic mass is 10.2. The smallest absolute Gasteiger partial charge is 0.234 e. The molecule has 0 spiro atoms. The number of hydrogen-bond acceptors (Lipinski definition) is 3. The molecule has 1 aromatic carbocycles.